The molecule has 134 valence electrons. The molecule has 0 aliphatic carbocycles. The van der Waals surface area contributed by atoms with Crippen LogP contribution in [0.15, 0.2) is 0 Å². The van der Waals surface area contributed by atoms with Gasteiger partial charge in [-0.3, -0.25) is 14.4 Å². The number of aliphatic hydroxyl groups is 4. The van der Waals surface area contributed by atoms with Gasteiger partial charge in [-0.15, -0.1) is 0 Å². The highest BCUT2D eigenvalue weighted by atomic mass is 127. The van der Waals surface area contributed by atoms with Gasteiger partial charge in [-0.05, 0) is 13.8 Å². The topological polar surface area (TPSA) is 151 Å². The van der Waals surface area contributed by atoms with E-state index in [1.165, 1.54) is 36.4 Å². The SMILES string of the molecule is CC(CO)(CO)C(=O)OC(C)(OC(=O)C(C)(CO)CO)C(=O)I. The number of carbonyl (C=O) groups is 3. The molecule has 4 N–H and O–H groups in total. The van der Waals surface area contributed by atoms with Crippen LogP contribution in [0.25, 0.3) is 0 Å². The molecule has 0 amide bonds. The Balaban J connectivity index is 5.42. The molecule has 10 heteroatoms. The van der Waals surface area contributed by atoms with Gasteiger partial charge in [0, 0.05) is 29.5 Å². The highest BCUT2D eigenvalue weighted by Gasteiger charge is 2.48. The summed E-state index contributed by atoms with van der Waals surface area (Å²) in [4.78, 5) is 35.8. The molecule has 0 heterocycles. The molecule has 23 heavy (non-hydrogen) atoms. The third-order valence-corrected chi connectivity index (χ3v) is 4.29. The van der Waals surface area contributed by atoms with Gasteiger partial charge in [0.2, 0.25) is 0 Å². The Morgan fingerprint density at radius 2 is 1.04 bits per heavy atom. The van der Waals surface area contributed by atoms with Crippen LogP contribution in [0, 0.1) is 10.8 Å². The highest BCUT2D eigenvalue weighted by Crippen LogP contribution is 2.28. The van der Waals surface area contributed by atoms with E-state index in [4.69, 9.17) is 29.9 Å². The molecular weight excluding hydrogens is 427 g/mol. The lowest BCUT2D eigenvalue weighted by Crippen LogP contribution is -2.50. The summed E-state index contributed by atoms with van der Waals surface area (Å²) in [5, 5.41) is 36.6. The quantitative estimate of drug-likeness (QED) is 0.147. The Hall–Kier alpha value is -0.820. The number of ether oxygens (including phenoxy) is 2. The number of esters is 2. The first-order chi connectivity index (χ1) is 10.4. The van der Waals surface area contributed by atoms with Gasteiger partial charge in [-0.25, -0.2) is 0 Å². The van der Waals surface area contributed by atoms with E-state index >= 15 is 0 Å². The van der Waals surface area contributed by atoms with E-state index in [9.17, 15) is 14.4 Å². The van der Waals surface area contributed by atoms with Gasteiger partial charge in [-0.1, -0.05) is 0 Å². The number of carbonyl (C=O) groups excluding carboxylic acids is 3. The van der Waals surface area contributed by atoms with E-state index in [0.717, 1.165) is 6.92 Å². The zero-order valence-corrected chi connectivity index (χ0v) is 15.2. The molecule has 0 bridgehead atoms. The van der Waals surface area contributed by atoms with Crippen LogP contribution in [0.3, 0.4) is 0 Å². The monoisotopic (exact) mass is 448 g/mol. The van der Waals surface area contributed by atoms with Crippen LogP contribution in [0.2, 0.25) is 0 Å². The molecule has 0 saturated carbocycles. The van der Waals surface area contributed by atoms with Crippen molar-refractivity contribution in [2.24, 2.45) is 10.8 Å². The normalized spacial score (nSPS) is 12.7. The van der Waals surface area contributed by atoms with Crippen molar-refractivity contribution < 1.29 is 44.3 Å². The molecule has 0 aromatic carbocycles. The maximum atomic E-state index is 12.0. The predicted molar refractivity (Wildman–Crippen MR) is 84.2 cm³/mol. The van der Waals surface area contributed by atoms with E-state index in [1.54, 1.807) is 0 Å². The van der Waals surface area contributed by atoms with Gasteiger partial charge < -0.3 is 29.9 Å². The Morgan fingerprint density at radius 3 is 1.22 bits per heavy atom. The smallest absolute Gasteiger partial charge is 0.323 e. The molecule has 0 rings (SSSR count). The van der Waals surface area contributed by atoms with Crippen LogP contribution in [-0.4, -0.2) is 68.4 Å². The van der Waals surface area contributed by atoms with E-state index in [1.807, 2.05) is 0 Å². The van der Waals surface area contributed by atoms with Crippen molar-refractivity contribution in [2.45, 2.75) is 26.6 Å². The number of hydrogen-bond donors (Lipinski definition) is 4. The third-order valence-electron chi connectivity index (χ3n) is 3.31. The molecule has 0 radical (unpaired) electrons. The van der Waals surface area contributed by atoms with Crippen LogP contribution in [-0.2, 0) is 23.9 Å². The minimum atomic E-state index is -2.34. The Morgan fingerprint density at radius 1 is 0.783 bits per heavy atom. The number of rotatable bonds is 9. The molecule has 9 nitrogen and oxygen atoms in total. The van der Waals surface area contributed by atoms with Gasteiger partial charge in [0.1, 0.15) is 10.8 Å². The summed E-state index contributed by atoms with van der Waals surface area (Å²) < 4.78 is 8.89. The van der Waals surface area contributed by atoms with E-state index in [-0.39, 0.29) is 0 Å². The summed E-state index contributed by atoms with van der Waals surface area (Å²) >= 11 is 1.25. The number of hydrogen-bond acceptors (Lipinski definition) is 9. The largest absolute Gasteiger partial charge is 0.414 e. The zero-order chi connectivity index (χ0) is 18.5. The Labute approximate surface area is 146 Å². The summed E-state index contributed by atoms with van der Waals surface area (Å²) in [6, 6.07) is 0. The number of halogens is 1. The second kappa shape index (κ2) is 8.33. The molecule has 0 unspecified atom stereocenters. The Kier molecular flexibility index (Phi) is 8.03. The van der Waals surface area contributed by atoms with Gasteiger partial charge in [-0.2, -0.15) is 0 Å². The molecule has 0 aromatic heterocycles. The van der Waals surface area contributed by atoms with Crippen molar-refractivity contribution >= 4 is 38.3 Å². The maximum absolute atomic E-state index is 12.0. The summed E-state index contributed by atoms with van der Waals surface area (Å²) in [6.07, 6.45) is 0. The lowest BCUT2D eigenvalue weighted by atomic mass is 9.93. The molecule has 0 fully saturated rings. The van der Waals surface area contributed by atoms with E-state index < -0.39 is 58.8 Å². The van der Waals surface area contributed by atoms with Crippen molar-refractivity contribution in [3.05, 3.63) is 0 Å². The molecular formula is C13H21IO9. The van der Waals surface area contributed by atoms with Crippen molar-refractivity contribution in [1.82, 2.24) is 0 Å². The average Bonchev–Trinajstić information content (AvgIpc) is 2.52. The molecule has 0 atom stereocenters. The highest BCUT2D eigenvalue weighted by molar-refractivity contribution is 14.1. The summed E-state index contributed by atoms with van der Waals surface area (Å²) in [5.41, 5.74) is -3.39. The predicted octanol–water partition coefficient (Wildman–Crippen LogP) is -1.27. The van der Waals surface area contributed by atoms with Crippen molar-refractivity contribution in [2.75, 3.05) is 26.4 Å². The average molecular weight is 448 g/mol. The van der Waals surface area contributed by atoms with Gasteiger partial charge in [0.15, 0.2) is 0 Å². The standard InChI is InChI=1S/C13H21IO9/c1-11(4-15,5-16)9(20)22-13(3,8(14)19)23-10(21)12(2,6-17)7-18/h15-18H,4-7H2,1-3H3. The zero-order valence-electron chi connectivity index (χ0n) is 13.0. The molecule has 0 aliphatic heterocycles. The second-order valence-electron chi connectivity index (χ2n) is 5.75. The summed E-state index contributed by atoms with van der Waals surface area (Å²) in [6.45, 7) is 0.364. The first-order valence-electron chi connectivity index (χ1n) is 6.55. The molecule has 0 saturated heterocycles. The van der Waals surface area contributed by atoms with Crippen LogP contribution in [0.5, 0.6) is 0 Å². The maximum Gasteiger partial charge on any atom is 0.323 e. The van der Waals surface area contributed by atoms with Gasteiger partial charge in [0.25, 0.3) is 3.79 Å². The molecule has 0 spiro atoms. The fourth-order valence-electron chi connectivity index (χ4n) is 1.06. The van der Waals surface area contributed by atoms with Crippen molar-refractivity contribution in [3.8, 4) is 0 Å². The van der Waals surface area contributed by atoms with Crippen molar-refractivity contribution in [3.63, 3.8) is 0 Å². The summed E-state index contributed by atoms with van der Waals surface area (Å²) in [7, 11) is 0. The van der Waals surface area contributed by atoms with Gasteiger partial charge in [0.05, 0.1) is 26.4 Å². The van der Waals surface area contributed by atoms with E-state index in [0.29, 0.717) is 0 Å². The van der Waals surface area contributed by atoms with Gasteiger partial charge >= 0.3 is 17.7 Å². The van der Waals surface area contributed by atoms with Crippen molar-refractivity contribution in [1.29, 1.82) is 0 Å². The minimum Gasteiger partial charge on any atom is -0.414 e. The minimum absolute atomic E-state index is 0.757. The first-order valence-corrected chi connectivity index (χ1v) is 7.63. The third kappa shape index (κ3) is 5.08. The van der Waals surface area contributed by atoms with Crippen LogP contribution >= 0.6 is 22.6 Å². The first kappa shape index (κ1) is 22.2. The fourth-order valence-corrected chi connectivity index (χ4v) is 1.28. The van der Waals surface area contributed by atoms with E-state index in [2.05, 4.69) is 0 Å². The summed E-state index contributed by atoms with van der Waals surface area (Å²) in [5.74, 6) is -4.65. The molecule has 0 aliphatic rings. The van der Waals surface area contributed by atoms with Crippen LogP contribution < -0.4 is 0 Å². The second-order valence-corrected chi connectivity index (χ2v) is 6.73. The Bertz CT molecular complexity index is 422. The molecule has 0 aromatic rings. The fraction of sp³-hybridized carbons (Fsp3) is 0.769. The number of aliphatic hydroxyl groups excluding tert-OH is 4. The van der Waals surface area contributed by atoms with Crippen LogP contribution in [0.1, 0.15) is 20.8 Å². The lowest BCUT2D eigenvalue weighted by Gasteiger charge is -2.33. The van der Waals surface area contributed by atoms with Crippen LogP contribution in [0.4, 0.5) is 0 Å². The lowest BCUT2D eigenvalue weighted by molar-refractivity contribution is -0.230.